The number of fused-ring (bicyclic) bond motifs is 1. The van der Waals surface area contributed by atoms with E-state index in [4.69, 9.17) is 9.47 Å². The second-order valence-electron chi connectivity index (χ2n) is 6.22. The maximum absolute atomic E-state index is 5.78. The van der Waals surface area contributed by atoms with Gasteiger partial charge >= 0.3 is 0 Å². The SMILES string of the molecule is CCCNC1CCc2cc(OCCOCC(C)C)ccc21. The van der Waals surface area contributed by atoms with E-state index in [-0.39, 0.29) is 0 Å². The standard InChI is InChI=1S/C18H29NO2/c1-4-9-19-18-8-5-15-12-16(6-7-17(15)18)21-11-10-20-13-14(2)3/h6-7,12,14,18-19H,4-5,8-11,13H2,1-3H3. The quantitative estimate of drug-likeness (QED) is 0.703. The van der Waals surface area contributed by atoms with Crippen LogP contribution < -0.4 is 10.1 Å². The minimum Gasteiger partial charge on any atom is -0.491 e. The van der Waals surface area contributed by atoms with Gasteiger partial charge in [0.15, 0.2) is 0 Å². The Morgan fingerprint density at radius 3 is 2.90 bits per heavy atom. The molecule has 1 aromatic carbocycles. The summed E-state index contributed by atoms with van der Waals surface area (Å²) in [6.07, 6.45) is 3.54. The van der Waals surface area contributed by atoms with Gasteiger partial charge in [0.1, 0.15) is 12.4 Å². The summed E-state index contributed by atoms with van der Waals surface area (Å²) in [5.74, 6) is 1.55. The zero-order chi connectivity index (χ0) is 15.1. The van der Waals surface area contributed by atoms with Gasteiger partial charge < -0.3 is 14.8 Å². The molecule has 3 heteroatoms. The predicted octanol–water partition coefficient (Wildman–Crippen LogP) is 3.72. The van der Waals surface area contributed by atoms with Crippen molar-refractivity contribution in [3.63, 3.8) is 0 Å². The highest BCUT2D eigenvalue weighted by atomic mass is 16.5. The van der Waals surface area contributed by atoms with Crippen LogP contribution in [0.4, 0.5) is 0 Å². The molecule has 1 aliphatic rings. The first-order chi connectivity index (χ1) is 10.2. The predicted molar refractivity (Wildman–Crippen MR) is 86.9 cm³/mol. The molecule has 1 aliphatic carbocycles. The van der Waals surface area contributed by atoms with E-state index in [0.29, 0.717) is 25.2 Å². The highest BCUT2D eigenvalue weighted by molar-refractivity contribution is 5.40. The van der Waals surface area contributed by atoms with E-state index in [1.807, 2.05) is 0 Å². The lowest BCUT2D eigenvalue weighted by Gasteiger charge is -2.14. The smallest absolute Gasteiger partial charge is 0.119 e. The lowest BCUT2D eigenvalue weighted by Crippen LogP contribution is -2.19. The first-order valence-electron chi connectivity index (χ1n) is 8.27. The molecule has 0 aliphatic heterocycles. The zero-order valence-corrected chi connectivity index (χ0v) is 13.7. The van der Waals surface area contributed by atoms with Crippen molar-refractivity contribution in [3.8, 4) is 5.75 Å². The van der Waals surface area contributed by atoms with Crippen LogP contribution in [0, 0.1) is 5.92 Å². The molecule has 0 bridgehead atoms. The monoisotopic (exact) mass is 291 g/mol. The van der Waals surface area contributed by atoms with E-state index in [0.717, 1.165) is 25.3 Å². The number of benzene rings is 1. The Bertz CT molecular complexity index is 431. The lowest BCUT2D eigenvalue weighted by atomic mass is 10.1. The number of nitrogens with one attached hydrogen (secondary N) is 1. The van der Waals surface area contributed by atoms with Gasteiger partial charge in [-0.2, -0.15) is 0 Å². The van der Waals surface area contributed by atoms with Gasteiger partial charge in [-0.3, -0.25) is 0 Å². The van der Waals surface area contributed by atoms with Gasteiger partial charge in [0, 0.05) is 12.6 Å². The number of ether oxygens (including phenoxy) is 2. The first-order valence-corrected chi connectivity index (χ1v) is 8.27. The van der Waals surface area contributed by atoms with Crippen LogP contribution in [0.1, 0.15) is 50.8 Å². The second-order valence-corrected chi connectivity index (χ2v) is 6.22. The molecule has 21 heavy (non-hydrogen) atoms. The average Bonchev–Trinajstić information content (AvgIpc) is 2.86. The molecule has 3 nitrogen and oxygen atoms in total. The van der Waals surface area contributed by atoms with E-state index in [1.165, 1.54) is 24.0 Å². The summed E-state index contributed by atoms with van der Waals surface area (Å²) >= 11 is 0. The van der Waals surface area contributed by atoms with Gasteiger partial charge in [0.2, 0.25) is 0 Å². The van der Waals surface area contributed by atoms with Crippen LogP contribution in [0.15, 0.2) is 18.2 Å². The van der Waals surface area contributed by atoms with Crippen LogP contribution in [0.2, 0.25) is 0 Å². The topological polar surface area (TPSA) is 30.5 Å². The fourth-order valence-electron chi connectivity index (χ4n) is 2.75. The highest BCUT2D eigenvalue weighted by Gasteiger charge is 2.21. The molecule has 0 aromatic heterocycles. The minimum absolute atomic E-state index is 0.531. The summed E-state index contributed by atoms with van der Waals surface area (Å²) < 4.78 is 11.3. The summed E-state index contributed by atoms with van der Waals surface area (Å²) in [6.45, 7) is 9.71. The van der Waals surface area contributed by atoms with Crippen LogP contribution in [-0.4, -0.2) is 26.4 Å². The molecule has 0 spiro atoms. The molecule has 0 saturated carbocycles. The van der Waals surface area contributed by atoms with E-state index in [1.54, 1.807) is 0 Å². The third kappa shape index (κ3) is 5.01. The Kier molecular flexibility index (Phi) is 6.52. The Labute approximate surface area is 129 Å². The van der Waals surface area contributed by atoms with Crippen molar-refractivity contribution in [3.05, 3.63) is 29.3 Å². The van der Waals surface area contributed by atoms with Crippen LogP contribution in [0.3, 0.4) is 0 Å². The number of hydrogen-bond acceptors (Lipinski definition) is 3. The molecule has 1 atom stereocenters. The minimum atomic E-state index is 0.531. The maximum atomic E-state index is 5.78. The van der Waals surface area contributed by atoms with E-state index < -0.39 is 0 Å². The van der Waals surface area contributed by atoms with Crippen molar-refractivity contribution in [2.45, 2.75) is 46.1 Å². The van der Waals surface area contributed by atoms with Crippen molar-refractivity contribution < 1.29 is 9.47 Å². The summed E-state index contributed by atoms with van der Waals surface area (Å²) in [6, 6.07) is 7.04. The van der Waals surface area contributed by atoms with Crippen molar-refractivity contribution in [2.75, 3.05) is 26.4 Å². The summed E-state index contributed by atoms with van der Waals surface area (Å²) in [5.41, 5.74) is 2.89. The third-order valence-electron chi connectivity index (χ3n) is 3.78. The normalized spacial score (nSPS) is 17.2. The molecule has 0 saturated heterocycles. The van der Waals surface area contributed by atoms with Crippen molar-refractivity contribution in [1.29, 1.82) is 0 Å². The molecule has 0 radical (unpaired) electrons. The van der Waals surface area contributed by atoms with E-state index in [2.05, 4.69) is 44.3 Å². The average molecular weight is 291 g/mol. The first kappa shape index (κ1) is 16.3. The summed E-state index contributed by atoms with van der Waals surface area (Å²) in [7, 11) is 0. The van der Waals surface area contributed by atoms with Crippen molar-refractivity contribution in [2.24, 2.45) is 5.92 Å². The van der Waals surface area contributed by atoms with E-state index >= 15 is 0 Å². The fraction of sp³-hybridized carbons (Fsp3) is 0.667. The molecule has 1 N–H and O–H groups in total. The molecule has 2 rings (SSSR count). The summed E-state index contributed by atoms with van der Waals surface area (Å²) in [5, 5.41) is 3.62. The third-order valence-corrected chi connectivity index (χ3v) is 3.78. The zero-order valence-electron chi connectivity index (χ0n) is 13.7. The van der Waals surface area contributed by atoms with Gasteiger partial charge in [0.25, 0.3) is 0 Å². The Balaban J connectivity index is 1.79. The molecule has 0 amide bonds. The van der Waals surface area contributed by atoms with Gasteiger partial charge in [-0.25, -0.2) is 0 Å². The van der Waals surface area contributed by atoms with Crippen molar-refractivity contribution >= 4 is 0 Å². The molecular formula is C18H29NO2. The van der Waals surface area contributed by atoms with Crippen LogP contribution in [0.25, 0.3) is 0 Å². The number of hydrogen-bond donors (Lipinski definition) is 1. The fourth-order valence-corrected chi connectivity index (χ4v) is 2.75. The number of rotatable bonds is 9. The highest BCUT2D eigenvalue weighted by Crippen LogP contribution is 2.33. The Morgan fingerprint density at radius 2 is 2.14 bits per heavy atom. The van der Waals surface area contributed by atoms with Gasteiger partial charge in [-0.05, 0) is 55.0 Å². The van der Waals surface area contributed by atoms with Gasteiger partial charge in [-0.15, -0.1) is 0 Å². The van der Waals surface area contributed by atoms with E-state index in [9.17, 15) is 0 Å². The summed E-state index contributed by atoms with van der Waals surface area (Å²) in [4.78, 5) is 0. The molecule has 1 aromatic rings. The van der Waals surface area contributed by atoms with Crippen LogP contribution >= 0.6 is 0 Å². The Morgan fingerprint density at radius 1 is 1.29 bits per heavy atom. The molecule has 1 unspecified atom stereocenters. The molecule has 118 valence electrons. The number of aryl methyl sites for hydroxylation is 1. The Hall–Kier alpha value is -1.06. The van der Waals surface area contributed by atoms with Crippen LogP contribution in [-0.2, 0) is 11.2 Å². The molecule has 0 fully saturated rings. The maximum Gasteiger partial charge on any atom is 0.119 e. The van der Waals surface area contributed by atoms with Crippen molar-refractivity contribution in [1.82, 2.24) is 5.32 Å². The lowest BCUT2D eigenvalue weighted by molar-refractivity contribution is 0.0819. The van der Waals surface area contributed by atoms with Crippen LogP contribution in [0.5, 0.6) is 5.75 Å². The van der Waals surface area contributed by atoms with Gasteiger partial charge in [0.05, 0.1) is 6.61 Å². The second kappa shape index (κ2) is 8.40. The van der Waals surface area contributed by atoms with Gasteiger partial charge in [-0.1, -0.05) is 26.8 Å². The molecule has 0 heterocycles. The largest absolute Gasteiger partial charge is 0.491 e. The molecular weight excluding hydrogens is 262 g/mol.